The van der Waals surface area contributed by atoms with Crippen molar-refractivity contribution in [2.24, 2.45) is 5.73 Å². The standard InChI is InChI=1S/C9H17N3O2S/c1-15-3-2-7(10)9(14)12-6-4-8(13)11-5-6/h6-7H,2-5,10H2,1H3,(H,11,13)(H,12,14)/t6?,7-/m0/s1. The molecule has 1 aliphatic rings. The molecule has 2 atom stereocenters. The van der Waals surface area contributed by atoms with Crippen LogP contribution in [0, 0.1) is 0 Å². The smallest absolute Gasteiger partial charge is 0.237 e. The van der Waals surface area contributed by atoms with Crippen molar-refractivity contribution in [2.75, 3.05) is 18.6 Å². The fourth-order valence-corrected chi connectivity index (χ4v) is 1.88. The zero-order valence-corrected chi connectivity index (χ0v) is 9.60. The summed E-state index contributed by atoms with van der Waals surface area (Å²) in [6, 6.07) is -0.557. The summed E-state index contributed by atoms with van der Waals surface area (Å²) in [4.78, 5) is 22.4. The first-order valence-electron chi connectivity index (χ1n) is 4.95. The Morgan fingerprint density at radius 1 is 1.80 bits per heavy atom. The van der Waals surface area contributed by atoms with E-state index in [-0.39, 0.29) is 17.9 Å². The number of carbonyl (C=O) groups excluding carboxylic acids is 2. The van der Waals surface area contributed by atoms with Crippen LogP contribution in [-0.2, 0) is 9.59 Å². The molecule has 0 aromatic rings. The third-order valence-corrected chi connectivity index (χ3v) is 2.94. The van der Waals surface area contributed by atoms with Crippen molar-refractivity contribution in [3.63, 3.8) is 0 Å². The summed E-state index contributed by atoms with van der Waals surface area (Å²) in [5, 5.41) is 5.42. The third-order valence-electron chi connectivity index (χ3n) is 2.29. The van der Waals surface area contributed by atoms with Gasteiger partial charge in [-0.15, -0.1) is 0 Å². The van der Waals surface area contributed by atoms with E-state index in [1.165, 1.54) is 0 Å². The summed E-state index contributed by atoms with van der Waals surface area (Å²) in [7, 11) is 0. The van der Waals surface area contributed by atoms with Crippen molar-refractivity contribution in [1.29, 1.82) is 0 Å². The van der Waals surface area contributed by atoms with Gasteiger partial charge in [0.05, 0.1) is 12.1 Å². The van der Waals surface area contributed by atoms with Crippen LogP contribution in [0.3, 0.4) is 0 Å². The third kappa shape index (κ3) is 4.09. The second kappa shape index (κ2) is 5.97. The molecule has 5 nitrogen and oxygen atoms in total. The normalized spacial score (nSPS) is 22.3. The first-order chi connectivity index (χ1) is 7.13. The Hall–Kier alpha value is -0.750. The van der Waals surface area contributed by atoms with E-state index in [0.717, 1.165) is 5.75 Å². The lowest BCUT2D eigenvalue weighted by atomic mass is 10.2. The van der Waals surface area contributed by atoms with Gasteiger partial charge in [0.15, 0.2) is 0 Å². The lowest BCUT2D eigenvalue weighted by Gasteiger charge is -2.15. The Morgan fingerprint density at radius 3 is 3.07 bits per heavy atom. The highest BCUT2D eigenvalue weighted by Crippen LogP contribution is 2.02. The fraction of sp³-hybridized carbons (Fsp3) is 0.778. The van der Waals surface area contributed by atoms with Crippen molar-refractivity contribution in [3.8, 4) is 0 Å². The summed E-state index contributed by atoms with van der Waals surface area (Å²) in [6.45, 7) is 0.514. The van der Waals surface area contributed by atoms with Crippen molar-refractivity contribution in [3.05, 3.63) is 0 Å². The molecule has 1 heterocycles. The van der Waals surface area contributed by atoms with Gasteiger partial charge in [-0.25, -0.2) is 0 Å². The van der Waals surface area contributed by atoms with Gasteiger partial charge in [0.2, 0.25) is 11.8 Å². The topological polar surface area (TPSA) is 84.2 Å². The van der Waals surface area contributed by atoms with Crippen LogP contribution in [0.1, 0.15) is 12.8 Å². The number of carbonyl (C=O) groups is 2. The molecule has 1 rings (SSSR count). The summed E-state index contributed by atoms with van der Waals surface area (Å²) >= 11 is 1.66. The van der Waals surface area contributed by atoms with Crippen LogP contribution in [-0.4, -0.2) is 42.5 Å². The molecule has 0 spiro atoms. The van der Waals surface area contributed by atoms with Crippen molar-refractivity contribution < 1.29 is 9.59 Å². The number of hydrogen-bond donors (Lipinski definition) is 3. The Kier molecular flexibility index (Phi) is 4.90. The highest BCUT2D eigenvalue weighted by molar-refractivity contribution is 7.98. The van der Waals surface area contributed by atoms with Gasteiger partial charge in [-0.2, -0.15) is 11.8 Å². The number of hydrogen-bond acceptors (Lipinski definition) is 4. The molecule has 0 aromatic heterocycles. The van der Waals surface area contributed by atoms with Gasteiger partial charge in [-0.05, 0) is 18.4 Å². The molecular weight excluding hydrogens is 214 g/mol. The Morgan fingerprint density at radius 2 is 2.53 bits per heavy atom. The Labute approximate surface area is 93.5 Å². The molecule has 1 saturated heterocycles. The summed E-state index contributed by atoms with van der Waals surface area (Å²) in [5.74, 6) is 0.694. The van der Waals surface area contributed by atoms with Crippen LogP contribution in [0.15, 0.2) is 0 Å². The maximum atomic E-state index is 11.5. The molecule has 1 aliphatic heterocycles. The van der Waals surface area contributed by atoms with Crippen molar-refractivity contribution in [2.45, 2.75) is 24.9 Å². The molecular formula is C9H17N3O2S. The molecule has 0 saturated carbocycles. The van der Waals surface area contributed by atoms with Gasteiger partial charge in [-0.3, -0.25) is 9.59 Å². The Balaban J connectivity index is 2.25. The van der Waals surface area contributed by atoms with E-state index < -0.39 is 6.04 Å². The zero-order valence-electron chi connectivity index (χ0n) is 8.79. The maximum absolute atomic E-state index is 11.5. The quantitative estimate of drug-likeness (QED) is 0.571. The van der Waals surface area contributed by atoms with Crippen LogP contribution < -0.4 is 16.4 Å². The molecule has 2 amide bonds. The molecule has 1 fully saturated rings. The van der Waals surface area contributed by atoms with E-state index in [2.05, 4.69) is 10.6 Å². The highest BCUT2D eigenvalue weighted by Gasteiger charge is 2.24. The summed E-state index contributed by atoms with van der Waals surface area (Å²) in [5.41, 5.74) is 5.69. The largest absolute Gasteiger partial charge is 0.354 e. The molecule has 0 bridgehead atoms. The van der Waals surface area contributed by atoms with E-state index in [1.54, 1.807) is 11.8 Å². The van der Waals surface area contributed by atoms with E-state index in [4.69, 9.17) is 5.73 Å². The van der Waals surface area contributed by atoms with Crippen LogP contribution >= 0.6 is 11.8 Å². The lowest BCUT2D eigenvalue weighted by molar-refractivity contribution is -0.123. The molecule has 4 N–H and O–H groups in total. The van der Waals surface area contributed by atoms with Crippen LogP contribution in [0.25, 0.3) is 0 Å². The molecule has 86 valence electrons. The van der Waals surface area contributed by atoms with Crippen molar-refractivity contribution in [1.82, 2.24) is 10.6 Å². The molecule has 6 heteroatoms. The van der Waals surface area contributed by atoms with Gasteiger partial charge in [0.1, 0.15) is 0 Å². The number of nitrogens with two attached hydrogens (primary N) is 1. The summed E-state index contributed by atoms with van der Waals surface area (Å²) < 4.78 is 0. The number of rotatable bonds is 5. The molecule has 0 aliphatic carbocycles. The predicted molar refractivity (Wildman–Crippen MR) is 60.5 cm³/mol. The molecule has 15 heavy (non-hydrogen) atoms. The average Bonchev–Trinajstić information content (AvgIpc) is 2.60. The van der Waals surface area contributed by atoms with Crippen LogP contribution in [0.5, 0.6) is 0 Å². The first-order valence-corrected chi connectivity index (χ1v) is 6.34. The maximum Gasteiger partial charge on any atom is 0.237 e. The summed E-state index contributed by atoms with van der Waals surface area (Å²) in [6.07, 6.45) is 3.01. The fourth-order valence-electron chi connectivity index (χ4n) is 1.39. The van der Waals surface area contributed by atoms with E-state index in [0.29, 0.717) is 19.4 Å². The van der Waals surface area contributed by atoms with Crippen LogP contribution in [0.2, 0.25) is 0 Å². The minimum Gasteiger partial charge on any atom is -0.354 e. The zero-order chi connectivity index (χ0) is 11.3. The second-order valence-electron chi connectivity index (χ2n) is 3.60. The molecule has 1 unspecified atom stereocenters. The average molecular weight is 231 g/mol. The molecule has 0 aromatic carbocycles. The van der Waals surface area contributed by atoms with Crippen molar-refractivity contribution >= 4 is 23.6 Å². The highest BCUT2D eigenvalue weighted by atomic mass is 32.2. The minimum absolute atomic E-state index is 0.0158. The van der Waals surface area contributed by atoms with E-state index >= 15 is 0 Å². The van der Waals surface area contributed by atoms with E-state index in [1.807, 2.05) is 6.26 Å². The van der Waals surface area contributed by atoms with Crippen LogP contribution in [0.4, 0.5) is 0 Å². The monoisotopic (exact) mass is 231 g/mol. The predicted octanol–water partition coefficient (Wildman–Crippen LogP) is -0.928. The van der Waals surface area contributed by atoms with Gasteiger partial charge in [0, 0.05) is 13.0 Å². The van der Waals surface area contributed by atoms with E-state index in [9.17, 15) is 9.59 Å². The first kappa shape index (κ1) is 12.3. The second-order valence-corrected chi connectivity index (χ2v) is 4.59. The van der Waals surface area contributed by atoms with Gasteiger partial charge < -0.3 is 16.4 Å². The van der Waals surface area contributed by atoms with Gasteiger partial charge in [-0.1, -0.05) is 0 Å². The Bertz CT molecular complexity index is 248. The van der Waals surface area contributed by atoms with Gasteiger partial charge in [0.25, 0.3) is 0 Å². The number of nitrogens with one attached hydrogen (secondary N) is 2. The van der Waals surface area contributed by atoms with Gasteiger partial charge >= 0.3 is 0 Å². The number of amides is 2. The SMILES string of the molecule is CSCC[C@H](N)C(=O)NC1CNC(=O)C1. The number of thioether (sulfide) groups is 1. The minimum atomic E-state index is -0.465. The lowest BCUT2D eigenvalue weighted by Crippen LogP contribution is -2.46. The molecule has 0 radical (unpaired) electrons.